The molecule has 0 atom stereocenters. The number of para-hydroxylation sites is 1. The van der Waals surface area contributed by atoms with E-state index in [0.29, 0.717) is 5.56 Å². The molecule has 2 nitrogen and oxygen atoms in total. The van der Waals surface area contributed by atoms with Crippen LogP contribution in [-0.4, -0.2) is 12.5 Å². The van der Waals surface area contributed by atoms with Crippen molar-refractivity contribution in [3.63, 3.8) is 0 Å². The van der Waals surface area contributed by atoms with Gasteiger partial charge in [0, 0.05) is 28.9 Å². The normalized spacial score (nSPS) is 12.7. The molecular weight excluding hydrogens is 318 g/mol. The summed E-state index contributed by atoms with van der Waals surface area (Å²) >= 11 is 0. The zero-order chi connectivity index (χ0) is 17.8. The molecule has 1 aliphatic heterocycles. The van der Waals surface area contributed by atoms with Crippen LogP contribution in [0.2, 0.25) is 0 Å². The van der Waals surface area contributed by atoms with E-state index in [0.717, 1.165) is 36.2 Å². The molecule has 0 radical (unpaired) electrons. The average molecular weight is 337 g/mol. The van der Waals surface area contributed by atoms with Gasteiger partial charge in [-0.1, -0.05) is 48.2 Å². The van der Waals surface area contributed by atoms with Gasteiger partial charge in [-0.25, -0.2) is 0 Å². The van der Waals surface area contributed by atoms with E-state index < -0.39 is 0 Å². The topological polar surface area (TPSA) is 20.3 Å². The standard InChI is InChI=1S/C24H19NO/c26-24(25-18-6-10-21-9-4-5-11-23(21)25)22-16-14-20(15-17-22)13-12-19-7-2-1-3-8-19/h1-5,7-9,11,14-17H,6,10,18H2. The first-order valence-electron chi connectivity index (χ1n) is 8.88. The van der Waals surface area contributed by atoms with Gasteiger partial charge in [-0.15, -0.1) is 0 Å². The number of benzene rings is 3. The number of hydrogen-bond donors (Lipinski definition) is 0. The van der Waals surface area contributed by atoms with Crippen LogP contribution in [0, 0.1) is 11.8 Å². The Labute approximate surface area is 154 Å². The van der Waals surface area contributed by atoms with Crippen molar-refractivity contribution in [2.45, 2.75) is 12.8 Å². The van der Waals surface area contributed by atoms with E-state index in [4.69, 9.17) is 0 Å². The Morgan fingerprint density at radius 2 is 1.42 bits per heavy atom. The number of aryl methyl sites for hydroxylation is 1. The smallest absolute Gasteiger partial charge is 0.258 e. The van der Waals surface area contributed by atoms with Crippen LogP contribution in [0.5, 0.6) is 0 Å². The molecule has 0 aliphatic carbocycles. The monoisotopic (exact) mass is 337 g/mol. The molecule has 0 spiro atoms. The molecule has 1 heterocycles. The van der Waals surface area contributed by atoms with Crippen molar-refractivity contribution >= 4 is 11.6 Å². The first-order chi connectivity index (χ1) is 12.8. The van der Waals surface area contributed by atoms with Crippen LogP contribution >= 0.6 is 0 Å². The fraction of sp³-hybridized carbons (Fsp3) is 0.125. The van der Waals surface area contributed by atoms with E-state index in [1.807, 2.05) is 77.7 Å². The van der Waals surface area contributed by atoms with Gasteiger partial charge in [-0.3, -0.25) is 4.79 Å². The van der Waals surface area contributed by atoms with E-state index in [9.17, 15) is 4.79 Å². The van der Waals surface area contributed by atoms with Crippen molar-refractivity contribution in [1.29, 1.82) is 0 Å². The zero-order valence-electron chi connectivity index (χ0n) is 14.5. The van der Waals surface area contributed by atoms with Crippen LogP contribution in [0.25, 0.3) is 0 Å². The predicted molar refractivity (Wildman–Crippen MR) is 105 cm³/mol. The van der Waals surface area contributed by atoms with Crippen molar-refractivity contribution in [3.05, 3.63) is 101 Å². The number of carbonyl (C=O) groups is 1. The van der Waals surface area contributed by atoms with Gasteiger partial charge in [0.25, 0.3) is 5.91 Å². The van der Waals surface area contributed by atoms with E-state index in [1.54, 1.807) is 0 Å². The molecule has 26 heavy (non-hydrogen) atoms. The molecule has 126 valence electrons. The third-order valence-electron chi connectivity index (χ3n) is 4.61. The van der Waals surface area contributed by atoms with Gasteiger partial charge in [-0.05, 0) is 60.9 Å². The Morgan fingerprint density at radius 1 is 0.769 bits per heavy atom. The van der Waals surface area contributed by atoms with E-state index in [1.165, 1.54) is 5.56 Å². The summed E-state index contributed by atoms with van der Waals surface area (Å²) in [5, 5.41) is 0. The van der Waals surface area contributed by atoms with Crippen molar-refractivity contribution in [2.24, 2.45) is 0 Å². The number of rotatable bonds is 1. The van der Waals surface area contributed by atoms with Crippen LogP contribution in [0.3, 0.4) is 0 Å². The number of nitrogens with zero attached hydrogens (tertiary/aromatic N) is 1. The second-order valence-electron chi connectivity index (χ2n) is 6.38. The fourth-order valence-corrected chi connectivity index (χ4v) is 3.26. The van der Waals surface area contributed by atoms with Gasteiger partial charge >= 0.3 is 0 Å². The minimum Gasteiger partial charge on any atom is -0.308 e. The van der Waals surface area contributed by atoms with Crippen molar-refractivity contribution in [3.8, 4) is 11.8 Å². The molecule has 1 amide bonds. The van der Waals surface area contributed by atoms with Gasteiger partial charge < -0.3 is 4.90 Å². The highest BCUT2D eigenvalue weighted by molar-refractivity contribution is 6.06. The van der Waals surface area contributed by atoms with Gasteiger partial charge in [0.05, 0.1) is 0 Å². The first-order valence-corrected chi connectivity index (χ1v) is 8.88. The van der Waals surface area contributed by atoms with Crippen LogP contribution in [0.1, 0.15) is 33.5 Å². The average Bonchev–Trinajstić information content (AvgIpc) is 2.72. The van der Waals surface area contributed by atoms with E-state index in [2.05, 4.69) is 17.9 Å². The van der Waals surface area contributed by atoms with Gasteiger partial charge in [0.2, 0.25) is 0 Å². The maximum Gasteiger partial charge on any atom is 0.258 e. The molecule has 0 N–H and O–H groups in total. The molecule has 3 aromatic rings. The predicted octanol–water partition coefficient (Wildman–Crippen LogP) is 4.68. The fourth-order valence-electron chi connectivity index (χ4n) is 3.26. The highest BCUT2D eigenvalue weighted by atomic mass is 16.2. The molecule has 3 aromatic carbocycles. The second-order valence-corrected chi connectivity index (χ2v) is 6.38. The Kier molecular flexibility index (Phi) is 4.53. The lowest BCUT2D eigenvalue weighted by Crippen LogP contribution is -2.35. The van der Waals surface area contributed by atoms with Crippen molar-refractivity contribution in [2.75, 3.05) is 11.4 Å². The molecule has 0 unspecified atom stereocenters. The molecule has 2 heteroatoms. The van der Waals surface area contributed by atoms with Crippen molar-refractivity contribution < 1.29 is 4.79 Å². The van der Waals surface area contributed by atoms with Gasteiger partial charge in [0.15, 0.2) is 0 Å². The number of amides is 1. The minimum absolute atomic E-state index is 0.0553. The third kappa shape index (κ3) is 3.38. The van der Waals surface area contributed by atoms with Crippen LogP contribution in [0.4, 0.5) is 5.69 Å². The highest BCUT2D eigenvalue weighted by Gasteiger charge is 2.22. The number of fused-ring (bicyclic) bond motifs is 1. The van der Waals surface area contributed by atoms with E-state index in [-0.39, 0.29) is 5.91 Å². The lowest BCUT2D eigenvalue weighted by molar-refractivity contribution is 0.0985. The summed E-state index contributed by atoms with van der Waals surface area (Å²) in [6.07, 6.45) is 2.04. The number of hydrogen-bond acceptors (Lipinski definition) is 1. The molecule has 0 bridgehead atoms. The number of carbonyl (C=O) groups excluding carboxylic acids is 1. The maximum absolute atomic E-state index is 12.9. The largest absolute Gasteiger partial charge is 0.308 e. The highest BCUT2D eigenvalue weighted by Crippen LogP contribution is 2.28. The Hall–Kier alpha value is -3.31. The zero-order valence-corrected chi connectivity index (χ0v) is 14.5. The summed E-state index contributed by atoms with van der Waals surface area (Å²) in [6, 6.07) is 25.6. The summed E-state index contributed by atoms with van der Waals surface area (Å²) in [5.74, 6) is 6.34. The van der Waals surface area contributed by atoms with Crippen LogP contribution in [-0.2, 0) is 6.42 Å². The summed E-state index contributed by atoms with van der Waals surface area (Å²) in [6.45, 7) is 0.769. The molecule has 0 fully saturated rings. The quantitative estimate of drug-likeness (QED) is 0.591. The molecule has 0 aromatic heterocycles. The molecule has 1 aliphatic rings. The summed E-state index contributed by atoms with van der Waals surface area (Å²) in [4.78, 5) is 14.8. The summed E-state index contributed by atoms with van der Waals surface area (Å²) < 4.78 is 0. The van der Waals surface area contributed by atoms with E-state index >= 15 is 0 Å². The minimum atomic E-state index is 0.0553. The van der Waals surface area contributed by atoms with Crippen molar-refractivity contribution in [1.82, 2.24) is 0 Å². The molecule has 4 rings (SSSR count). The Bertz CT molecular complexity index is 978. The van der Waals surface area contributed by atoms with Crippen LogP contribution < -0.4 is 4.90 Å². The number of anilines is 1. The van der Waals surface area contributed by atoms with Gasteiger partial charge in [0.1, 0.15) is 0 Å². The Morgan fingerprint density at radius 3 is 2.19 bits per heavy atom. The summed E-state index contributed by atoms with van der Waals surface area (Å²) in [7, 11) is 0. The van der Waals surface area contributed by atoms with Gasteiger partial charge in [-0.2, -0.15) is 0 Å². The first kappa shape index (κ1) is 16.2. The maximum atomic E-state index is 12.9. The summed E-state index contributed by atoms with van der Waals surface area (Å²) in [5.41, 5.74) is 4.88. The lowest BCUT2D eigenvalue weighted by atomic mass is 10.0. The second kappa shape index (κ2) is 7.29. The molecule has 0 saturated heterocycles. The Balaban J connectivity index is 1.54. The van der Waals surface area contributed by atoms with Crippen LogP contribution in [0.15, 0.2) is 78.9 Å². The molecular formula is C24H19NO. The third-order valence-corrected chi connectivity index (χ3v) is 4.61. The molecule has 0 saturated carbocycles. The lowest BCUT2D eigenvalue weighted by Gasteiger charge is -2.29. The SMILES string of the molecule is O=C(c1ccc(C#Cc2ccccc2)cc1)N1CCCc2ccccc21.